The molecule has 6 heteroatoms. The number of hydrogen-bond acceptors (Lipinski definition) is 3. The Morgan fingerprint density at radius 2 is 1.80 bits per heavy atom. The van der Waals surface area contributed by atoms with Gasteiger partial charge in [-0.05, 0) is 55.2 Å². The second kappa shape index (κ2) is 8.62. The van der Waals surface area contributed by atoms with Crippen LogP contribution in [0.25, 0.3) is 0 Å². The molecule has 0 radical (unpaired) electrons. The monoisotopic (exact) mass is 362 g/mol. The van der Waals surface area contributed by atoms with Crippen LogP contribution in [0.15, 0.2) is 30.3 Å². The topological polar surface area (TPSA) is 59.6 Å². The number of benzene rings is 2. The molecular formula is C19H23ClN2O3. The maximum absolute atomic E-state index is 12.1. The van der Waals surface area contributed by atoms with Crippen molar-refractivity contribution < 1.29 is 14.3 Å². The van der Waals surface area contributed by atoms with Gasteiger partial charge in [-0.3, -0.25) is 0 Å². The van der Waals surface area contributed by atoms with Crippen LogP contribution in [0.3, 0.4) is 0 Å². The van der Waals surface area contributed by atoms with Crippen molar-refractivity contribution in [3.8, 4) is 11.5 Å². The van der Waals surface area contributed by atoms with Crippen LogP contribution in [-0.4, -0.2) is 26.8 Å². The Hall–Kier alpha value is -2.40. The highest BCUT2D eigenvalue weighted by molar-refractivity contribution is 6.34. The average Bonchev–Trinajstić information content (AvgIpc) is 2.58. The minimum atomic E-state index is -0.283. The van der Waals surface area contributed by atoms with Crippen molar-refractivity contribution in [3.05, 3.63) is 52.0 Å². The Morgan fingerprint density at radius 3 is 2.44 bits per heavy atom. The van der Waals surface area contributed by atoms with Gasteiger partial charge in [0.15, 0.2) is 11.5 Å². The van der Waals surface area contributed by atoms with Gasteiger partial charge >= 0.3 is 6.03 Å². The van der Waals surface area contributed by atoms with E-state index in [0.29, 0.717) is 35.2 Å². The van der Waals surface area contributed by atoms with Gasteiger partial charge in [-0.1, -0.05) is 23.7 Å². The molecule has 5 nitrogen and oxygen atoms in total. The van der Waals surface area contributed by atoms with Gasteiger partial charge in [0.05, 0.1) is 24.9 Å². The molecule has 2 rings (SSSR count). The van der Waals surface area contributed by atoms with E-state index in [2.05, 4.69) is 10.6 Å². The number of nitrogens with one attached hydrogen (secondary N) is 2. The number of anilines is 1. The first kappa shape index (κ1) is 18.9. The number of aryl methyl sites for hydroxylation is 2. The van der Waals surface area contributed by atoms with E-state index in [-0.39, 0.29) is 6.03 Å². The summed E-state index contributed by atoms with van der Waals surface area (Å²) in [5, 5.41) is 6.17. The number of rotatable bonds is 6. The molecule has 0 aliphatic carbocycles. The van der Waals surface area contributed by atoms with Gasteiger partial charge in [-0.25, -0.2) is 4.79 Å². The molecule has 0 aromatic heterocycles. The summed E-state index contributed by atoms with van der Waals surface area (Å²) in [6, 6.07) is 9.22. The largest absolute Gasteiger partial charge is 0.493 e. The molecule has 0 unspecified atom stereocenters. The summed E-state index contributed by atoms with van der Waals surface area (Å²) < 4.78 is 10.5. The highest BCUT2D eigenvalue weighted by Gasteiger charge is 2.09. The Morgan fingerprint density at radius 1 is 1.08 bits per heavy atom. The van der Waals surface area contributed by atoms with Crippen molar-refractivity contribution in [2.75, 3.05) is 26.1 Å². The van der Waals surface area contributed by atoms with Crippen LogP contribution in [0, 0.1) is 13.8 Å². The van der Waals surface area contributed by atoms with Gasteiger partial charge in [0.25, 0.3) is 0 Å². The number of amides is 2. The molecule has 2 aromatic rings. The van der Waals surface area contributed by atoms with E-state index in [1.54, 1.807) is 14.2 Å². The molecule has 134 valence electrons. The lowest BCUT2D eigenvalue weighted by atomic mass is 10.1. The lowest BCUT2D eigenvalue weighted by Gasteiger charge is -2.13. The van der Waals surface area contributed by atoms with Crippen molar-refractivity contribution in [3.63, 3.8) is 0 Å². The predicted molar refractivity (Wildman–Crippen MR) is 101 cm³/mol. The van der Waals surface area contributed by atoms with E-state index in [9.17, 15) is 4.79 Å². The van der Waals surface area contributed by atoms with Crippen molar-refractivity contribution in [2.45, 2.75) is 20.3 Å². The lowest BCUT2D eigenvalue weighted by Crippen LogP contribution is -2.30. The molecule has 0 aliphatic rings. The van der Waals surface area contributed by atoms with Crippen molar-refractivity contribution in [1.82, 2.24) is 5.32 Å². The number of halogens is 1. The molecule has 25 heavy (non-hydrogen) atoms. The minimum absolute atomic E-state index is 0.283. The summed E-state index contributed by atoms with van der Waals surface area (Å²) in [5.41, 5.74) is 3.67. The molecule has 0 saturated carbocycles. The molecule has 0 spiro atoms. The summed E-state index contributed by atoms with van der Waals surface area (Å²) in [7, 11) is 3.20. The molecule has 2 N–H and O–H groups in total. The zero-order valence-corrected chi connectivity index (χ0v) is 15.7. The van der Waals surface area contributed by atoms with Gasteiger partial charge in [-0.2, -0.15) is 0 Å². The first-order valence-corrected chi connectivity index (χ1v) is 8.35. The van der Waals surface area contributed by atoms with Crippen molar-refractivity contribution >= 4 is 23.3 Å². The fourth-order valence-corrected chi connectivity index (χ4v) is 2.96. The number of methoxy groups -OCH3 is 2. The third kappa shape index (κ3) is 5.03. The van der Waals surface area contributed by atoms with Crippen LogP contribution < -0.4 is 20.1 Å². The first-order valence-electron chi connectivity index (χ1n) is 7.97. The second-order valence-corrected chi connectivity index (χ2v) is 6.17. The Labute approximate surface area is 153 Å². The van der Waals surface area contributed by atoms with E-state index >= 15 is 0 Å². The highest BCUT2D eigenvalue weighted by atomic mass is 35.5. The molecular weight excluding hydrogens is 340 g/mol. The summed E-state index contributed by atoms with van der Waals surface area (Å²) in [4.78, 5) is 12.1. The maximum Gasteiger partial charge on any atom is 0.319 e. The summed E-state index contributed by atoms with van der Waals surface area (Å²) in [5.74, 6) is 1.35. The number of urea groups is 1. The molecule has 0 heterocycles. The Kier molecular flexibility index (Phi) is 6.53. The zero-order valence-electron chi connectivity index (χ0n) is 14.9. The third-order valence-corrected chi connectivity index (χ3v) is 4.12. The number of ether oxygens (including phenoxy) is 2. The molecule has 0 atom stereocenters. The second-order valence-electron chi connectivity index (χ2n) is 5.76. The van der Waals surface area contributed by atoms with Crippen LogP contribution in [0.4, 0.5) is 10.5 Å². The van der Waals surface area contributed by atoms with Crippen LogP contribution in [0.1, 0.15) is 16.7 Å². The standard InChI is InChI=1S/C19H23ClN2O3/c1-12-9-13(2)18(15(20)10-12)22-19(23)21-8-7-14-5-6-16(24-3)17(11-14)25-4/h5-6,9-11H,7-8H2,1-4H3,(H2,21,22,23). The predicted octanol–water partition coefficient (Wildman–Crippen LogP) is 4.34. The molecule has 0 fully saturated rings. The summed E-state index contributed by atoms with van der Waals surface area (Å²) in [6.07, 6.45) is 0.675. The van der Waals surface area contributed by atoms with Crippen LogP contribution >= 0.6 is 11.6 Å². The zero-order chi connectivity index (χ0) is 18.4. The van der Waals surface area contributed by atoms with Gasteiger partial charge in [0, 0.05) is 6.54 Å². The fourth-order valence-electron chi connectivity index (χ4n) is 2.59. The maximum atomic E-state index is 12.1. The van der Waals surface area contributed by atoms with Crippen molar-refractivity contribution in [2.24, 2.45) is 0 Å². The number of carbonyl (C=O) groups excluding carboxylic acids is 1. The van der Waals surface area contributed by atoms with E-state index < -0.39 is 0 Å². The third-order valence-electron chi connectivity index (χ3n) is 3.82. The SMILES string of the molecule is COc1ccc(CCNC(=O)Nc2c(C)cc(C)cc2Cl)cc1OC. The van der Waals surface area contributed by atoms with Crippen LogP contribution in [-0.2, 0) is 6.42 Å². The molecule has 0 aliphatic heterocycles. The first-order chi connectivity index (χ1) is 11.9. The lowest BCUT2D eigenvalue weighted by molar-refractivity contribution is 0.252. The summed E-state index contributed by atoms with van der Waals surface area (Å²) >= 11 is 6.20. The highest BCUT2D eigenvalue weighted by Crippen LogP contribution is 2.28. The quantitative estimate of drug-likeness (QED) is 0.803. The van der Waals surface area contributed by atoms with E-state index in [1.165, 1.54) is 0 Å². The van der Waals surface area contributed by atoms with Gasteiger partial charge in [0.2, 0.25) is 0 Å². The molecule has 2 aromatic carbocycles. The van der Waals surface area contributed by atoms with Gasteiger partial charge in [0.1, 0.15) is 0 Å². The van der Waals surface area contributed by atoms with E-state index in [0.717, 1.165) is 16.7 Å². The fraction of sp³-hybridized carbons (Fsp3) is 0.316. The Bertz CT molecular complexity index is 739. The normalized spacial score (nSPS) is 10.3. The van der Waals surface area contributed by atoms with E-state index in [4.69, 9.17) is 21.1 Å². The van der Waals surface area contributed by atoms with E-state index in [1.807, 2.05) is 44.2 Å². The average molecular weight is 363 g/mol. The van der Waals surface area contributed by atoms with Gasteiger partial charge in [-0.15, -0.1) is 0 Å². The molecule has 0 saturated heterocycles. The van der Waals surface area contributed by atoms with Gasteiger partial charge < -0.3 is 20.1 Å². The van der Waals surface area contributed by atoms with Crippen LogP contribution in [0.2, 0.25) is 5.02 Å². The number of carbonyl (C=O) groups is 1. The van der Waals surface area contributed by atoms with Crippen LogP contribution in [0.5, 0.6) is 11.5 Å². The minimum Gasteiger partial charge on any atom is -0.493 e. The Balaban J connectivity index is 1.91. The molecule has 2 amide bonds. The van der Waals surface area contributed by atoms with Crippen molar-refractivity contribution in [1.29, 1.82) is 0 Å². The summed E-state index contributed by atoms with van der Waals surface area (Å²) in [6.45, 7) is 4.37. The molecule has 0 bridgehead atoms. The number of hydrogen-bond donors (Lipinski definition) is 2. The smallest absolute Gasteiger partial charge is 0.319 e.